The van der Waals surface area contributed by atoms with Crippen LogP contribution in [0.2, 0.25) is 5.02 Å². The van der Waals surface area contributed by atoms with Crippen molar-refractivity contribution in [2.75, 3.05) is 5.32 Å². The van der Waals surface area contributed by atoms with Crippen LogP contribution in [0.1, 0.15) is 27.0 Å². The van der Waals surface area contributed by atoms with Crippen molar-refractivity contribution >= 4 is 23.2 Å². The number of amides is 1. The van der Waals surface area contributed by atoms with Gasteiger partial charge < -0.3 is 5.32 Å². The molecule has 0 saturated heterocycles. The molecule has 0 atom stereocenters. The minimum atomic E-state index is -5.03. The van der Waals surface area contributed by atoms with E-state index in [4.69, 9.17) is 11.6 Å². The van der Waals surface area contributed by atoms with Gasteiger partial charge in [-0.05, 0) is 42.8 Å². The number of rotatable bonds is 2. The van der Waals surface area contributed by atoms with E-state index >= 15 is 0 Å². The fourth-order valence-electron chi connectivity index (χ4n) is 2.00. The number of carbonyl (C=O) groups is 1. The molecule has 2 aromatic rings. The van der Waals surface area contributed by atoms with Gasteiger partial charge in [0, 0.05) is 5.56 Å². The maximum atomic E-state index is 12.8. The molecule has 2 aromatic carbocycles. The van der Waals surface area contributed by atoms with Crippen molar-refractivity contribution in [3.63, 3.8) is 0 Å². The molecular formula is C16H10ClF6NO. The van der Waals surface area contributed by atoms with E-state index in [1.807, 2.05) is 0 Å². The summed E-state index contributed by atoms with van der Waals surface area (Å²) in [5.41, 5.74) is -3.08. The zero-order valence-electron chi connectivity index (χ0n) is 12.5. The van der Waals surface area contributed by atoms with Crippen LogP contribution in [0.3, 0.4) is 0 Å². The largest absolute Gasteiger partial charge is 0.416 e. The molecule has 1 N–H and O–H groups in total. The Balaban J connectivity index is 2.44. The Bertz CT molecular complexity index is 781. The summed E-state index contributed by atoms with van der Waals surface area (Å²) in [5, 5.41) is 2.31. The first-order valence-electron chi connectivity index (χ1n) is 6.75. The summed E-state index contributed by atoms with van der Waals surface area (Å²) in [6.07, 6.45) is -10.1. The SMILES string of the molecule is Cc1ccc(NC(=O)c2cc(C(F)(F)F)cc(C(F)(F)F)c2)c(Cl)c1. The molecule has 134 valence electrons. The highest BCUT2D eigenvalue weighted by Crippen LogP contribution is 2.36. The van der Waals surface area contributed by atoms with Gasteiger partial charge in [-0.15, -0.1) is 0 Å². The van der Waals surface area contributed by atoms with Crippen LogP contribution >= 0.6 is 11.6 Å². The Kier molecular flexibility index (Phi) is 5.04. The van der Waals surface area contributed by atoms with Gasteiger partial charge in [-0.2, -0.15) is 26.3 Å². The lowest BCUT2D eigenvalue weighted by molar-refractivity contribution is -0.143. The fraction of sp³-hybridized carbons (Fsp3) is 0.188. The maximum absolute atomic E-state index is 12.8. The molecule has 2 rings (SSSR count). The zero-order chi connectivity index (χ0) is 19.0. The second-order valence-electron chi connectivity index (χ2n) is 5.23. The monoisotopic (exact) mass is 381 g/mol. The van der Waals surface area contributed by atoms with E-state index in [1.165, 1.54) is 12.1 Å². The van der Waals surface area contributed by atoms with Crippen molar-refractivity contribution in [2.24, 2.45) is 0 Å². The van der Waals surface area contributed by atoms with Gasteiger partial charge in [-0.3, -0.25) is 4.79 Å². The average Bonchev–Trinajstić information content (AvgIpc) is 2.47. The van der Waals surface area contributed by atoms with Crippen molar-refractivity contribution in [2.45, 2.75) is 19.3 Å². The number of hydrogen-bond donors (Lipinski definition) is 1. The van der Waals surface area contributed by atoms with Crippen molar-refractivity contribution in [3.05, 3.63) is 63.7 Å². The molecule has 0 aliphatic carbocycles. The molecule has 0 radical (unpaired) electrons. The van der Waals surface area contributed by atoms with Gasteiger partial charge in [0.1, 0.15) is 0 Å². The van der Waals surface area contributed by atoms with Crippen molar-refractivity contribution < 1.29 is 31.1 Å². The highest BCUT2D eigenvalue weighted by atomic mass is 35.5. The quantitative estimate of drug-likeness (QED) is 0.641. The lowest BCUT2D eigenvalue weighted by atomic mass is 10.0. The molecule has 2 nitrogen and oxygen atoms in total. The van der Waals surface area contributed by atoms with Gasteiger partial charge in [0.2, 0.25) is 0 Å². The number of carbonyl (C=O) groups excluding carboxylic acids is 1. The van der Waals surface area contributed by atoms with Crippen LogP contribution in [0.4, 0.5) is 32.0 Å². The van der Waals surface area contributed by atoms with E-state index < -0.39 is 35.0 Å². The first kappa shape index (κ1) is 19.1. The average molecular weight is 382 g/mol. The molecule has 0 aliphatic rings. The molecule has 0 aliphatic heterocycles. The smallest absolute Gasteiger partial charge is 0.321 e. The third-order valence-electron chi connectivity index (χ3n) is 3.22. The topological polar surface area (TPSA) is 29.1 Å². The van der Waals surface area contributed by atoms with E-state index in [-0.39, 0.29) is 16.8 Å². The Morgan fingerprint density at radius 2 is 1.44 bits per heavy atom. The van der Waals surface area contributed by atoms with Crippen LogP contribution in [-0.2, 0) is 12.4 Å². The minimum absolute atomic E-state index is 0.0460. The number of hydrogen-bond acceptors (Lipinski definition) is 1. The first-order valence-corrected chi connectivity index (χ1v) is 7.13. The lowest BCUT2D eigenvalue weighted by Gasteiger charge is -2.14. The van der Waals surface area contributed by atoms with Crippen molar-refractivity contribution in [1.29, 1.82) is 0 Å². The summed E-state index contributed by atoms with van der Waals surface area (Å²) in [6, 6.07) is 5.13. The Morgan fingerprint density at radius 3 is 1.88 bits per heavy atom. The fourth-order valence-corrected chi connectivity index (χ4v) is 2.28. The summed E-state index contributed by atoms with van der Waals surface area (Å²) >= 11 is 5.89. The molecule has 0 aromatic heterocycles. The highest BCUT2D eigenvalue weighted by molar-refractivity contribution is 6.34. The van der Waals surface area contributed by atoms with E-state index in [0.29, 0.717) is 12.1 Å². The summed E-state index contributed by atoms with van der Waals surface area (Å²) in [4.78, 5) is 12.1. The highest BCUT2D eigenvalue weighted by Gasteiger charge is 2.37. The predicted molar refractivity (Wildman–Crippen MR) is 80.6 cm³/mol. The third-order valence-corrected chi connectivity index (χ3v) is 3.54. The Hall–Kier alpha value is -2.22. The number of anilines is 1. The van der Waals surface area contributed by atoms with Gasteiger partial charge in [-0.1, -0.05) is 17.7 Å². The van der Waals surface area contributed by atoms with Crippen molar-refractivity contribution in [3.8, 4) is 0 Å². The molecule has 0 spiro atoms. The van der Waals surface area contributed by atoms with E-state index in [2.05, 4.69) is 5.32 Å². The third kappa shape index (κ3) is 4.66. The van der Waals surface area contributed by atoms with E-state index in [9.17, 15) is 31.1 Å². The zero-order valence-corrected chi connectivity index (χ0v) is 13.3. The molecule has 25 heavy (non-hydrogen) atoms. The molecule has 1 amide bonds. The molecule has 0 bridgehead atoms. The molecule has 0 unspecified atom stereocenters. The summed E-state index contributed by atoms with van der Waals surface area (Å²) in [6.45, 7) is 1.72. The molecule has 0 heterocycles. The van der Waals surface area contributed by atoms with Gasteiger partial charge in [0.25, 0.3) is 5.91 Å². The second kappa shape index (κ2) is 6.59. The summed E-state index contributed by atoms with van der Waals surface area (Å²) in [5.74, 6) is -1.14. The first-order chi connectivity index (χ1) is 11.4. The number of alkyl halides is 6. The van der Waals surface area contributed by atoms with E-state index in [1.54, 1.807) is 13.0 Å². The van der Waals surface area contributed by atoms with Crippen molar-refractivity contribution in [1.82, 2.24) is 0 Å². The van der Waals surface area contributed by atoms with Gasteiger partial charge in [0.05, 0.1) is 21.8 Å². The molecule has 9 heteroatoms. The predicted octanol–water partition coefficient (Wildman–Crippen LogP) is 5.94. The molecule has 0 fully saturated rings. The van der Waals surface area contributed by atoms with Crippen LogP contribution in [0.5, 0.6) is 0 Å². The van der Waals surface area contributed by atoms with Gasteiger partial charge >= 0.3 is 12.4 Å². The van der Waals surface area contributed by atoms with Crippen LogP contribution in [0.25, 0.3) is 0 Å². The van der Waals surface area contributed by atoms with Crippen LogP contribution in [-0.4, -0.2) is 5.91 Å². The van der Waals surface area contributed by atoms with Gasteiger partial charge in [0.15, 0.2) is 0 Å². The number of benzene rings is 2. The maximum Gasteiger partial charge on any atom is 0.416 e. The normalized spacial score (nSPS) is 12.2. The summed E-state index contributed by atoms with van der Waals surface area (Å²) < 4.78 is 76.9. The van der Waals surface area contributed by atoms with Crippen LogP contribution < -0.4 is 5.32 Å². The van der Waals surface area contributed by atoms with Crippen LogP contribution in [0.15, 0.2) is 36.4 Å². The number of aryl methyl sites for hydroxylation is 1. The lowest BCUT2D eigenvalue weighted by Crippen LogP contribution is -2.17. The standard InChI is InChI=1S/C16H10ClF6NO/c1-8-2-3-13(12(17)4-8)24-14(25)9-5-10(15(18,19)20)7-11(6-9)16(21,22)23/h2-7H,1H3,(H,24,25). The Morgan fingerprint density at radius 1 is 0.920 bits per heavy atom. The number of halogens is 7. The van der Waals surface area contributed by atoms with Crippen LogP contribution in [0, 0.1) is 6.92 Å². The molecule has 0 saturated carbocycles. The second-order valence-corrected chi connectivity index (χ2v) is 5.64. The van der Waals surface area contributed by atoms with E-state index in [0.717, 1.165) is 5.56 Å². The molecular weight excluding hydrogens is 372 g/mol. The Labute approximate surface area is 143 Å². The summed E-state index contributed by atoms with van der Waals surface area (Å²) in [7, 11) is 0. The number of nitrogens with one attached hydrogen (secondary N) is 1. The van der Waals surface area contributed by atoms with Gasteiger partial charge in [-0.25, -0.2) is 0 Å². The minimum Gasteiger partial charge on any atom is -0.321 e.